The van der Waals surface area contributed by atoms with Crippen LogP contribution < -0.4 is 10.6 Å². The number of rotatable bonds is 5. The summed E-state index contributed by atoms with van der Waals surface area (Å²) in [6, 6.07) is 0.231. The van der Waals surface area contributed by atoms with E-state index in [1.54, 1.807) is 0 Å². The normalized spacial score (nSPS) is 21.9. The third kappa shape index (κ3) is 4.55. The molecule has 1 fully saturated rings. The lowest BCUT2D eigenvalue weighted by Crippen LogP contribution is -2.48. The Morgan fingerprint density at radius 1 is 1.71 bits per heavy atom. The summed E-state index contributed by atoms with van der Waals surface area (Å²) in [5, 5.41) is 6.03. The molecule has 0 spiro atoms. The molecule has 0 aliphatic carbocycles. The van der Waals surface area contributed by atoms with E-state index in [4.69, 9.17) is 9.47 Å². The minimum atomic E-state index is -0.0702. The molecule has 1 amide bonds. The second-order valence-corrected chi connectivity index (χ2v) is 3.17. The number of ether oxygens (including phenoxy) is 2. The maximum Gasteiger partial charge on any atom is 0.246 e. The van der Waals surface area contributed by atoms with Crippen molar-refractivity contribution in [3.05, 3.63) is 0 Å². The smallest absolute Gasteiger partial charge is 0.246 e. The Kier molecular flexibility index (Phi) is 5.51. The molecule has 14 heavy (non-hydrogen) atoms. The van der Waals surface area contributed by atoms with Crippen molar-refractivity contribution in [2.24, 2.45) is 0 Å². The van der Waals surface area contributed by atoms with E-state index >= 15 is 0 Å². The molecule has 1 heterocycles. The molecule has 1 unspecified atom stereocenters. The molecular weight excluding hydrogens is 184 g/mol. The lowest BCUT2D eigenvalue weighted by molar-refractivity contribution is -0.125. The van der Waals surface area contributed by atoms with Gasteiger partial charge in [0.1, 0.15) is 6.61 Å². The van der Waals surface area contributed by atoms with Crippen LogP contribution in [0.1, 0.15) is 6.92 Å². The van der Waals surface area contributed by atoms with Gasteiger partial charge in [0.25, 0.3) is 0 Å². The fraction of sp³-hybridized carbons (Fsp3) is 0.889. The van der Waals surface area contributed by atoms with E-state index in [9.17, 15) is 4.79 Å². The van der Waals surface area contributed by atoms with Crippen LogP contribution in [0.25, 0.3) is 0 Å². The van der Waals surface area contributed by atoms with Gasteiger partial charge in [0, 0.05) is 25.7 Å². The Hall–Kier alpha value is -0.650. The van der Waals surface area contributed by atoms with E-state index in [0.29, 0.717) is 19.8 Å². The van der Waals surface area contributed by atoms with Gasteiger partial charge in [-0.15, -0.1) is 0 Å². The standard InChI is InChI=1S/C9H18N2O3/c1-2-13-7-9(12)11-5-8-6-14-4-3-10-8/h8,10H,2-7H2,1H3,(H,11,12). The fourth-order valence-electron chi connectivity index (χ4n) is 1.23. The first-order valence-electron chi connectivity index (χ1n) is 4.98. The van der Waals surface area contributed by atoms with Crippen LogP contribution in [0.15, 0.2) is 0 Å². The second-order valence-electron chi connectivity index (χ2n) is 3.17. The third-order valence-electron chi connectivity index (χ3n) is 1.98. The number of carbonyl (C=O) groups excluding carboxylic acids is 1. The molecule has 0 saturated carbocycles. The molecule has 1 atom stereocenters. The Bertz CT molecular complexity index is 169. The molecule has 1 aliphatic heterocycles. The average Bonchev–Trinajstić information content (AvgIpc) is 2.25. The average molecular weight is 202 g/mol. The van der Waals surface area contributed by atoms with Crippen molar-refractivity contribution in [2.75, 3.05) is 39.5 Å². The van der Waals surface area contributed by atoms with Crippen molar-refractivity contribution in [2.45, 2.75) is 13.0 Å². The van der Waals surface area contributed by atoms with Gasteiger partial charge in [-0.3, -0.25) is 4.79 Å². The lowest BCUT2D eigenvalue weighted by atomic mass is 10.3. The molecular formula is C9H18N2O3. The van der Waals surface area contributed by atoms with Crippen molar-refractivity contribution in [1.29, 1.82) is 0 Å². The van der Waals surface area contributed by atoms with Gasteiger partial charge in [-0.25, -0.2) is 0 Å². The van der Waals surface area contributed by atoms with Gasteiger partial charge in [0.05, 0.1) is 13.2 Å². The van der Waals surface area contributed by atoms with Crippen LogP contribution in [0, 0.1) is 0 Å². The van der Waals surface area contributed by atoms with Crippen LogP contribution in [0.5, 0.6) is 0 Å². The molecule has 5 heteroatoms. The third-order valence-corrected chi connectivity index (χ3v) is 1.98. The van der Waals surface area contributed by atoms with Crippen LogP contribution in [-0.2, 0) is 14.3 Å². The number of amides is 1. The largest absolute Gasteiger partial charge is 0.378 e. The molecule has 0 aromatic carbocycles. The monoisotopic (exact) mass is 202 g/mol. The first kappa shape index (κ1) is 11.4. The predicted octanol–water partition coefficient (Wildman–Crippen LogP) is -0.872. The zero-order valence-corrected chi connectivity index (χ0v) is 8.54. The minimum absolute atomic E-state index is 0.0702. The van der Waals surface area contributed by atoms with Gasteiger partial charge in [-0.05, 0) is 6.92 Å². The summed E-state index contributed by atoms with van der Waals surface area (Å²) in [7, 11) is 0. The van der Waals surface area contributed by atoms with Crippen LogP contribution in [-0.4, -0.2) is 51.5 Å². The van der Waals surface area contributed by atoms with E-state index < -0.39 is 0 Å². The quantitative estimate of drug-likeness (QED) is 0.608. The van der Waals surface area contributed by atoms with Crippen LogP contribution >= 0.6 is 0 Å². The number of hydrogen-bond donors (Lipinski definition) is 2. The van der Waals surface area contributed by atoms with Crippen molar-refractivity contribution < 1.29 is 14.3 Å². The molecule has 1 rings (SSSR count). The first-order chi connectivity index (χ1) is 6.83. The van der Waals surface area contributed by atoms with Gasteiger partial charge in [-0.2, -0.15) is 0 Å². The van der Waals surface area contributed by atoms with Crippen LogP contribution in [0.2, 0.25) is 0 Å². The van der Waals surface area contributed by atoms with Crippen molar-refractivity contribution >= 4 is 5.91 Å². The maximum absolute atomic E-state index is 11.1. The topological polar surface area (TPSA) is 59.6 Å². The highest BCUT2D eigenvalue weighted by Crippen LogP contribution is 1.90. The zero-order valence-electron chi connectivity index (χ0n) is 8.54. The maximum atomic E-state index is 11.1. The highest BCUT2D eigenvalue weighted by molar-refractivity contribution is 5.77. The van der Waals surface area contributed by atoms with Gasteiger partial charge in [0.2, 0.25) is 5.91 Å². The van der Waals surface area contributed by atoms with Gasteiger partial charge in [-0.1, -0.05) is 0 Å². The van der Waals surface area contributed by atoms with Gasteiger partial charge in [0.15, 0.2) is 0 Å². The van der Waals surface area contributed by atoms with Crippen molar-refractivity contribution in [3.8, 4) is 0 Å². The summed E-state index contributed by atoms with van der Waals surface area (Å²) in [4.78, 5) is 11.1. The molecule has 0 bridgehead atoms. The Labute approximate surface area is 84.1 Å². The van der Waals surface area contributed by atoms with Gasteiger partial charge < -0.3 is 20.1 Å². The van der Waals surface area contributed by atoms with E-state index in [0.717, 1.165) is 13.2 Å². The molecule has 0 aromatic heterocycles. The number of hydrogen-bond acceptors (Lipinski definition) is 4. The molecule has 5 nitrogen and oxygen atoms in total. The van der Waals surface area contributed by atoms with Crippen molar-refractivity contribution in [3.63, 3.8) is 0 Å². The molecule has 82 valence electrons. The van der Waals surface area contributed by atoms with E-state index in [1.165, 1.54) is 0 Å². The van der Waals surface area contributed by atoms with E-state index in [1.807, 2.05) is 6.92 Å². The Morgan fingerprint density at radius 2 is 2.57 bits per heavy atom. The fourth-order valence-corrected chi connectivity index (χ4v) is 1.23. The summed E-state index contributed by atoms with van der Waals surface area (Å²) < 4.78 is 10.2. The highest BCUT2D eigenvalue weighted by atomic mass is 16.5. The molecule has 0 aromatic rings. The Balaban J connectivity index is 2.03. The molecule has 0 radical (unpaired) electrons. The van der Waals surface area contributed by atoms with Gasteiger partial charge >= 0.3 is 0 Å². The Morgan fingerprint density at radius 3 is 3.21 bits per heavy atom. The predicted molar refractivity (Wildman–Crippen MR) is 52.1 cm³/mol. The molecule has 1 saturated heterocycles. The summed E-state index contributed by atoms with van der Waals surface area (Å²) in [6.07, 6.45) is 0. The first-order valence-corrected chi connectivity index (χ1v) is 4.98. The SMILES string of the molecule is CCOCC(=O)NCC1COCCN1. The summed E-state index contributed by atoms with van der Waals surface area (Å²) in [5.74, 6) is -0.0702. The number of carbonyl (C=O) groups is 1. The molecule has 2 N–H and O–H groups in total. The van der Waals surface area contributed by atoms with Crippen molar-refractivity contribution in [1.82, 2.24) is 10.6 Å². The van der Waals surface area contributed by atoms with Crippen LogP contribution in [0.4, 0.5) is 0 Å². The summed E-state index contributed by atoms with van der Waals surface area (Å²) in [5.41, 5.74) is 0. The van der Waals surface area contributed by atoms with E-state index in [-0.39, 0.29) is 18.6 Å². The number of morpholine rings is 1. The highest BCUT2D eigenvalue weighted by Gasteiger charge is 2.13. The summed E-state index contributed by atoms with van der Waals surface area (Å²) >= 11 is 0. The second kappa shape index (κ2) is 6.75. The van der Waals surface area contributed by atoms with E-state index in [2.05, 4.69) is 10.6 Å². The van der Waals surface area contributed by atoms with Crippen LogP contribution in [0.3, 0.4) is 0 Å². The lowest BCUT2D eigenvalue weighted by Gasteiger charge is -2.23. The zero-order chi connectivity index (χ0) is 10.2. The summed E-state index contributed by atoms with van der Waals surface area (Å²) in [6.45, 7) is 5.45. The minimum Gasteiger partial charge on any atom is -0.378 e. The molecule has 1 aliphatic rings. The number of nitrogens with one attached hydrogen (secondary N) is 2.